The fourth-order valence-electron chi connectivity index (χ4n) is 1.55. The number of aromatic nitrogens is 2. The van der Waals surface area contributed by atoms with Crippen molar-refractivity contribution < 1.29 is 4.79 Å². The summed E-state index contributed by atoms with van der Waals surface area (Å²) >= 11 is 6.04. The Labute approximate surface area is 103 Å². The first-order chi connectivity index (χ1) is 8.13. The molecule has 0 aliphatic heterocycles. The number of carbonyl (C=O) groups is 1. The van der Waals surface area contributed by atoms with Crippen LogP contribution >= 0.6 is 11.6 Å². The maximum atomic E-state index is 11.0. The van der Waals surface area contributed by atoms with Crippen LogP contribution in [0.2, 0.25) is 5.02 Å². The number of hydrogen-bond donors (Lipinski definition) is 2. The van der Waals surface area contributed by atoms with Crippen LogP contribution in [0.15, 0.2) is 30.5 Å². The third kappa shape index (κ3) is 2.15. The number of nitrogens with two attached hydrogens (primary N) is 2. The number of halogens is 1. The SMILES string of the molecule is NCc1c(Cl)cccc1-n1ccc(C(N)=O)n1. The molecule has 1 heterocycles. The summed E-state index contributed by atoms with van der Waals surface area (Å²) in [4.78, 5) is 11.0. The summed E-state index contributed by atoms with van der Waals surface area (Å²) in [7, 11) is 0. The molecule has 0 saturated heterocycles. The van der Waals surface area contributed by atoms with Gasteiger partial charge < -0.3 is 11.5 Å². The Morgan fingerprint density at radius 1 is 1.41 bits per heavy atom. The summed E-state index contributed by atoms with van der Waals surface area (Å²) < 4.78 is 1.54. The first kappa shape index (κ1) is 11.6. The fourth-order valence-corrected chi connectivity index (χ4v) is 1.80. The summed E-state index contributed by atoms with van der Waals surface area (Å²) in [6.45, 7) is 0.292. The first-order valence-corrected chi connectivity index (χ1v) is 5.34. The van der Waals surface area contributed by atoms with Crippen LogP contribution < -0.4 is 11.5 Å². The van der Waals surface area contributed by atoms with E-state index in [9.17, 15) is 4.79 Å². The molecule has 6 heteroatoms. The van der Waals surface area contributed by atoms with Crippen LogP contribution in [0.3, 0.4) is 0 Å². The lowest BCUT2D eigenvalue weighted by atomic mass is 10.2. The van der Waals surface area contributed by atoms with Crippen molar-refractivity contribution in [1.29, 1.82) is 0 Å². The predicted molar refractivity (Wildman–Crippen MR) is 65.0 cm³/mol. The van der Waals surface area contributed by atoms with Gasteiger partial charge in [0.2, 0.25) is 0 Å². The Kier molecular flexibility index (Phi) is 3.12. The maximum Gasteiger partial charge on any atom is 0.269 e. The Bertz CT molecular complexity index is 564. The van der Waals surface area contributed by atoms with Crippen molar-refractivity contribution in [1.82, 2.24) is 9.78 Å². The van der Waals surface area contributed by atoms with Gasteiger partial charge in [0.25, 0.3) is 5.91 Å². The fraction of sp³-hybridized carbons (Fsp3) is 0.0909. The quantitative estimate of drug-likeness (QED) is 0.855. The van der Waals surface area contributed by atoms with Gasteiger partial charge in [0.1, 0.15) is 5.69 Å². The van der Waals surface area contributed by atoms with Crippen molar-refractivity contribution in [2.75, 3.05) is 0 Å². The van der Waals surface area contributed by atoms with E-state index in [-0.39, 0.29) is 5.69 Å². The lowest BCUT2D eigenvalue weighted by molar-refractivity contribution is 0.0995. The van der Waals surface area contributed by atoms with E-state index in [0.29, 0.717) is 11.6 Å². The number of nitrogens with zero attached hydrogens (tertiary/aromatic N) is 2. The normalized spacial score (nSPS) is 10.5. The predicted octanol–water partition coefficient (Wildman–Crippen LogP) is 1.08. The molecule has 0 fully saturated rings. The lowest BCUT2D eigenvalue weighted by Crippen LogP contribution is -2.13. The standard InChI is InChI=1S/C11H11ClN4O/c12-8-2-1-3-10(7(8)6-13)16-5-4-9(15-16)11(14)17/h1-5H,6,13H2,(H2,14,17). The van der Waals surface area contributed by atoms with Crippen LogP contribution in [0.1, 0.15) is 16.1 Å². The highest BCUT2D eigenvalue weighted by molar-refractivity contribution is 6.31. The molecule has 0 atom stereocenters. The van der Waals surface area contributed by atoms with E-state index in [4.69, 9.17) is 23.1 Å². The van der Waals surface area contributed by atoms with E-state index >= 15 is 0 Å². The Hall–Kier alpha value is -1.85. The van der Waals surface area contributed by atoms with Crippen molar-refractivity contribution in [3.05, 3.63) is 46.7 Å². The van der Waals surface area contributed by atoms with E-state index in [1.807, 2.05) is 6.07 Å². The summed E-state index contributed by atoms with van der Waals surface area (Å²) in [6, 6.07) is 6.92. The minimum atomic E-state index is -0.569. The Morgan fingerprint density at radius 2 is 2.18 bits per heavy atom. The van der Waals surface area contributed by atoms with Crippen molar-refractivity contribution in [2.45, 2.75) is 6.54 Å². The average Bonchev–Trinajstić information content (AvgIpc) is 2.77. The molecule has 0 saturated carbocycles. The molecule has 4 N–H and O–H groups in total. The van der Waals surface area contributed by atoms with Crippen molar-refractivity contribution in [2.24, 2.45) is 11.5 Å². The number of amides is 1. The zero-order valence-corrected chi connectivity index (χ0v) is 9.69. The third-order valence-electron chi connectivity index (χ3n) is 2.39. The van der Waals surface area contributed by atoms with Crippen LogP contribution in [-0.2, 0) is 6.54 Å². The van der Waals surface area contributed by atoms with Gasteiger partial charge in [-0.15, -0.1) is 0 Å². The molecule has 2 aromatic rings. The van der Waals surface area contributed by atoms with Gasteiger partial charge in [0, 0.05) is 23.3 Å². The number of rotatable bonds is 3. The molecule has 17 heavy (non-hydrogen) atoms. The molecular weight excluding hydrogens is 240 g/mol. The van der Waals surface area contributed by atoms with Crippen LogP contribution in [0.4, 0.5) is 0 Å². The van der Waals surface area contributed by atoms with Crippen molar-refractivity contribution in [3.63, 3.8) is 0 Å². The highest BCUT2D eigenvalue weighted by Crippen LogP contribution is 2.22. The van der Waals surface area contributed by atoms with Gasteiger partial charge in [-0.3, -0.25) is 4.79 Å². The van der Waals surface area contributed by atoms with Gasteiger partial charge in [0.15, 0.2) is 0 Å². The molecule has 2 rings (SSSR count). The molecule has 5 nitrogen and oxygen atoms in total. The zero-order chi connectivity index (χ0) is 12.4. The molecule has 0 bridgehead atoms. The second kappa shape index (κ2) is 4.57. The maximum absolute atomic E-state index is 11.0. The van der Waals surface area contributed by atoms with Crippen LogP contribution in [-0.4, -0.2) is 15.7 Å². The third-order valence-corrected chi connectivity index (χ3v) is 2.74. The molecule has 0 unspecified atom stereocenters. The topological polar surface area (TPSA) is 86.9 Å². The average molecular weight is 251 g/mol. The lowest BCUT2D eigenvalue weighted by Gasteiger charge is -2.09. The molecule has 1 amide bonds. The summed E-state index contributed by atoms with van der Waals surface area (Å²) in [6.07, 6.45) is 1.64. The summed E-state index contributed by atoms with van der Waals surface area (Å²) in [5.41, 5.74) is 12.5. The minimum absolute atomic E-state index is 0.202. The molecule has 0 radical (unpaired) electrons. The molecule has 1 aromatic carbocycles. The van der Waals surface area contributed by atoms with Gasteiger partial charge in [-0.25, -0.2) is 4.68 Å². The van der Waals surface area contributed by atoms with Crippen LogP contribution in [0, 0.1) is 0 Å². The van der Waals surface area contributed by atoms with E-state index < -0.39 is 5.91 Å². The Morgan fingerprint density at radius 3 is 2.76 bits per heavy atom. The molecular formula is C11H11ClN4O. The van der Waals surface area contributed by atoms with Crippen LogP contribution in [0.25, 0.3) is 5.69 Å². The van der Waals surface area contributed by atoms with Gasteiger partial charge in [-0.05, 0) is 18.2 Å². The second-order valence-corrected chi connectivity index (χ2v) is 3.86. The Balaban J connectivity index is 2.52. The van der Waals surface area contributed by atoms with E-state index in [2.05, 4.69) is 5.10 Å². The molecule has 0 aliphatic rings. The first-order valence-electron chi connectivity index (χ1n) is 4.97. The highest BCUT2D eigenvalue weighted by atomic mass is 35.5. The summed E-state index contributed by atoms with van der Waals surface area (Å²) in [5, 5.41) is 4.63. The number of carbonyl (C=O) groups excluding carboxylic acids is 1. The van der Waals surface area contributed by atoms with E-state index in [1.54, 1.807) is 24.4 Å². The van der Waals surface area contributed by atoms with Crippen molar-refractivity contribution >= 4 is 17.5 Å². The second-order valence-electron chi connectivity index (χ2n) is 3.45. The van der Waals surface area contributed by atoms with E-state index in [1.165, 1.54) is 4.68 Å². The highest BCUT2D eigenvalue weighted by Gasteiger charge is 2.10. The largest absolute Gasteiger partial charge is 0.364 e. The molecule has 88 valence electrons. The minimum Gasteiger partial charge on any atom is -0.364 e. The monoisotopic (exact) mass is 250 g/mol. The van der Waals surface area contributed by atoms with Gasteiger partial charge >= 0.3 is 0 Å². The number of benzene rings is 1. The summed E-state index contributed by atoms with van der Waals surface area (Å²) in [5.74, 6) is -0.569. The smallest absolute Gasteiger partial charge is 0.269 e. The van der Waals surface area contributed by atoms with Crippen LogP contribution in [0.5, 0.6) is 0 Å². The van der Waals surface area contributed by atoms with Gasteiger partial charge in [-0.1, -0.05) is 17.7 Å². The zero-order valence-electron chi connectivity index (χ0n) is 8.93. The number of primary amides is 1. The molecule has 0 spiro atoms. The molecule has 0 aliphatic carbocycles. The number of hydrogen-bond acceptors (Lipinski definition) is 3. The van der Waals surface area contributed by atoms with E-state index in [0.717, 1.165) is 11.3 Å². The van der Waals surface area contributed by atoms with Gasteiger partial charge in [-0.2, -0.15) is 5.10 Å². The van der Waals surface area contributed by atoms with Crippen molar-refractivity contribution in [3.8, 4) is 5.69 Å². The van der Waals surface area contributed by atoms with Gasteiger partial charge in [0.05, 0.1) is 5.69 Å². The molecule has 1 aromatic heterocycles.